The van der Waals surface area contributed by atoms with Gasteiger partial charge in [0.15, 0.2) is 5.96 Å². The molecule has 0 bridgehead atoms. The van der Waals surface area contributed by atoms with Crippen molar-refractivity contribution in [3.05, 3.63) is 29.8 Å². The molecule has 7 nitrogen and oxygen atoms in total. The number of guanidine groups is 1. The van der Waals surface area contributed by atoms with Crippen LogP contribution in [0.3, 0.4) is 0 Å². The highest BCUT2D eigenvalue weighted by Gasteiger charge is 2.15. The third-order valence-corrected chi connectivity index (χ3v) is 4.38. The standard InChI is InChI=1S/C20H33N3O4/c1-3-21-20(22-9-5-10-26-14-16-8-11-27-15-16)23-13-19(24)17-6-4-7-18(12-17)25-2/h4,6-7,12,16,19,24H,3,5,8-11,13-15H2,1-2H3,(H2,21,22,23). The molecule has 7 heteroatoms. The molecule has 1 aliphatic rings. The minimum absolute atomic E-state index is 0.278. The van der Waals surface area contributed by atoms with Gasteiger partial charge in [-0.3, -0.25) is 4.99 Å². The van der Waals surface area contributed by atoms with E-state index in [1.54, 1.807) is 7.11 Å². The van der Waals surface area contributed by atoms with Gasteiger partial charge in [0.1, 0.15) is 5.75 Å². The quantitative estimate of drug-likeness (QED) is 0.308. The van der Waals surface area contributed by atoms with Gasteiger partial charge in [0.25, 0.3) is 0 Å². The lowest BCUT2D eigenvalue weighted by Gasteiger charge is -2.14. The molecule has 0 aliphatic carbocycles. The van der Waals surface area contributed by atoms with Gasteiger partial charge >= 0.3 is 0 Å². The molecule has 0 spiro atoms. The first-order valence-electron chi connectivity index (χ1n) is 9.72. The number of hydrogen-bond donors (Lipinski definition) is 3. The van der Waals surface area contributed by atoms with E-state index >= 15 is 0 Å². The number of aliphatic hydroxyl groups excluding tert-OH is 1. The first-order chi connectivity index (χ1) is 13.2. The van der Waals surface area contributed by atoms with Crippen LogP contribution in [-0.2, 0) is 9.47 Å². The zero-order valence-electron chi connectivity index (χ0n) is 16.4. The molecule has 152 valence electrons. The predicted octanol–water partition coefficient (Wildman–Crippen LogP) is 1.73. The Labute approximate surface area is 162 Å². The maximum absolute atomic E-state index is 10.4. The third kappa shape index (κ3) is 8.15. The van der Waals surface area contributed by atoms with Gasteiger partial charge in [0.2, 0.25) is 0 Å². The SMILES string of the molecule is CCNC(=NCC(O)c1cccc(OC)c1)NCCCOCC1CCOC1. The first-order valence-corrected chi connectivity index (χ1v) is 9.72. The van der Waals surface area contributed by atoms with Crippen LogP contribution >= 0.6 is 0 Å². The molecule has 1 heterocycles. The van der Waals surface area contributed by atoms with Gasteiger partial charge in [0.05, 0.1) is 33.0 Å². The second-order valence-corrected chi connectivity index (χ2v) is 6.60. The van der Waals surface area contributed by atoms with E-state index < -0.39 is 6.10 Å². The molecule has 2 rings (SSSR count). The Morgan fingerprint density at radius 3 is 3.04 bits per heavy atom. The summed E-state index contributed by atoms with van der Waals surface area (Å²) in [5, 5.41) is 16.8. The smallest absolute Gasteiger partial charge is 0.191 e. The van der Waals surface area contributed by atoms with E-state index in [2.05, 4.69) is 15.6 Å². The van der Waals surface area contributed by atoms with Crippen molar-refractivity contribution in [1.82, 2.24) is 10.6 Å². The van der Waals surface area contributed by atoms with Crippen LogP contribution < -0.4 is 15.4 Å². The summed E-state index contributed by atoms with van der Waals surface area (Å²) in [7, 11) is 1.61. The number of aliphatic hydroxyl groups is 1. The summed E-state index contributed by atoms with van der Waals surface area (Å²) in [6.45, 7) is 7.01. The highest BCUT2D eigenvalue weighted by Crippen LogP contribution is 2.19. The van der Waals surface area contributed by atoms with E-state index in [9.17, 15) is 5.11 Å². The Kier molecular flexibility index (Phi) is 9.97. The number of nitrogens with one attached hydrogen (secondary N) is 2. The fraction of sp³-hybridized carbons (Fsp3) is 0.650. The number of nitrogens with zero attached hydrogens (tertiary/aromatic N) is 1. The van der Waals surface area contributed by atoms with E-state index in [1.165, 1.54) is 0 Å². The molecule has 1 fully saturated rings. The molecule has 1 aliphatic heterocycles. The molecule has 1 aromatic rings. The van der Waals surface area contributed by atoms with Gasteiger partial charge in [-0.2, -0.15) is 0 Å². The summed E-state index contributed by atoms with van der Waals surface area (Å²) in [4.78, 5) is 4.47. The lowest BCUT2D eigenvalue weighted by atomic mass is 10.1. The van der Waals surface area contributed by atoms with E-state index in [0.717, 1.165) is 63.7 Å². The van der Waals surface area contributed by atoms with Gasteiger partial charge in [-0.1, -0.05) is 12.1 Å². The Hall–Kier alpha value is -1.83. The molecule has 1 aromatic carbocycles. The largest absolute Gasteiger partial charge is 0.497 e. The van der Waals surface area contributed by atoms with Crippen molar-refractivity contribution in [3.8, 4) is 5.75 Å². The minimum Gasteiger partial charge on any atom is -0.497 e. The van der Waals surface area contributed by atoms with Crippen molar-refractivity contribution in [3.63, 3.8) is 0 Å². The molecule has 2 atom stereocenters. The van der Waals surface area contributed by atoms with Crippen LogP contribution in [0.4, 0.5) is 0 Å². The van der Waals surface area contributed by atoms with Gasteiger partial charge in [-0.25, -0.2) is 0 Å². The van der Waals surface area contributed by atoms with Gasteiger partial charge in [-0.05, 0) is 37.5 Å². The van der Waals surface area contributed by atoms with Crippen molar-refractivity contribution >= 4 is 5.96 Å². The fourth-order valence-electron chi connectivity index (χ4n) is 2.82. The van der Waals surface area contributed by atoms with E-state index in [-0.39, 0.29) is 6.54 Å². The number of hydrogen-bond acceptors (Lipinski definition) is 5. The van der Waals surface area contributed by atoms with Crippen molar-refractivity contribution in [2.75, 3.05) is 53.2 Å². The van der Waals surface area contributed by atoms with E-state index in [4.69, 9.17) is 14.2 Å². The van der Waals surface area contributed by atoms with Crippen LogP contribution in [0.15, 0.2) is 29.3 Å². The summed E-state index contributed by atoms with van der Waals surface area (Å²) in [6, 6.07) is 7.41. The van der Waals surface area contributed by atoms with Crippen LogP contribution in [0.25, 0.3) is 0 Å². The number of methoxy groups -OCH3 is 1. The van der Waals surface area contributed by atoms with Gasteiger partial charge < -0.3 is 30.0 Å². The summed E-state index contributed by atoms with van der Waals surface area (Å²) < 4.78 is 16.2. The summed E-state index contributed by atoms with van der Waals surface area (Å²) >= 11 is 0. The van der Waals surface area contributed by atoms with Crippen molar-refractivity contribution in [1.29, 1.82) is 0 Å². The Morgan fingerprint density at radius 2 is 2.30 bits per heavy atom. The van der Waals surface area contributed by atoms with Crippen LogP contribution in [0.5, 0.6) is 5.75 Å². The van der Waals surface area contributed by atoms with Crippen molar-refractivity contribution < 1.29 is 19.3 Å². The zero-order valence-corrected chi connectivity index (χ0v) is 16.4. The average molecular weight is 380 g/mol. The lowest BCUT2D eigenvalue weighted by Crippen LogP contribution is -2.38. The molecule has 27 heavy (non-hydrogen) atoms. The molecule has 3 N–H and O–H groups in total. The van der Waals surface area contributed by atoms with Gasteiger partial charge in [-0.15, -0.1) is 0 Å². The number of benzene rings is 1. The Bertz CT molecular complexity index is 562. The molecule has 0 aromatic heterocycles. The normalized spacial score (nSPS) is 18.3. The van der Waals surface area contributed by atoms with Crippen LogP contribution in [0.1, 0.15) is 31.4 Å². The third-order valence-electron chi connectivity index (χ3n) is 4.38. The minimum atomic E-state index is -0.674. The summed E-state index contributed by atoms with van der Waals surface area (Å²) in [5.74, 6) is 1.98. The molecule has 0 saturated carbocycles. The highest BCUT2D eigenvalue weighted by atomic mass is 16.5. The highest BCUT2D eigenvalue weighted by molar-refractivity contribution is 5.79. The van der Waals surface area contributed by atoms with Crippen molar-refractivity contribution in [2.45, 2.75) is 25.9 Å². The second kappa shape index (κ2) is 12.5. The maximum atomic E-state index is 10.4. The van der Waals surface area contributed by atoms with Crippen molar-refractivity contribution in [2.24, 2.45) is 10.9 Å². The topological polar surface area (TPSA) is 84.3 Å². The molecule has 0 amide bonds. The molecular formula is C20H33N3O4. The monoisotopic (exact) mass is 379 g/mol. The zero-order chi connectivity index (χ0) is 19.3. The average Bonchev–Trinajstić information content (AvgIpc) is 3.21. The van der Waals surface area contributed by atoms with Crippen LogP contribution in [0.2, 0.25) is 0 Å². The molecular weight excluding hydrogens is 346 g/mol. The molecule has 1 saturated heterocycles. The fourth-order valence-corrected chi connectivity index (χ4v) is 2.82. The molecule has 2 unspecified atom stereocenters. The van der Waals surface area contributed by atoms with Gasteiger partial charge in [0, 0.05) is 32.2 Å². The predicted molar refractivity (Wildman–Crippen MR) is 106 cm³/mol. The number of rotatable bonds is 11. The van der Waals surface area contributed by atoms with E-state index in [1.807, 2.05) is 31.2 Å². The Balaban J connectivity index is 1.69. The van der Waals surface area contributed by atoms with Crippen LogP contribution in [0, 0.1) is 5.92 Å². The second-order valence-electron chi connectivity index (χ2n) is 6.60. The Morgan fingerprint density at radius 1 is 1.41 bits per heavy atom. The maximum Gasteiger partial charge on any atom is 0.191 e. The number of aliphatic imine (C=N–C) groups is 1. The summed E-state index contributed by atoms with van der Waals surface area (Å²) in [6.07, 6.45) is 1.33. The molecule has 0 radical (unpaired) electrons. The van der Waals surface area contributed by atoms with Crippen LogP contribution in [-0.4, -0.2) is 64.2 Å². The number of ether oxygens (including phenoxy) is 3. The lowest BCUT2D eigenvalue weighted by molar-refractivity contribution is 0.0888. The first kappa shape index (κ1) is 21.5. The summed E-state index contributed by atoms with van der Waals surface area (Å²) in [5.41, 5.74) is 0.790. The van der Waals surface area contributed by atoms with E-state index in [0.29, 0.717) is 11.9 Å².